The molecule has 1 N–H and O–H groups in total. The van der Waals surface area contributed by atoms with Crippen molar-refractivity contribution >= 4 is 38.9 Å². The van der Waals surface area contributed by atoms with Crippen LogP contribution in [-0.4, -0.2) is 70.3 Å². The highest BCUT2D eigenvalue weighted by molar-refractivity contribution is 7.89. The molecule has 7 nitrogen and oxygen atoms in total. The van der Waals surface area contributed by atoms with Crippen LogP contribution in [0.2, 0.25) is 5.02 Å². The van der Waals surface area contributed by atoms with Crippen molar-refractivity contribution in [2.75, 3.05) is 57.0 Å². The van der Waals surface area contributed by atoms with Gasteiger partial charge in [-0.1, -0.05) is 17.7 Å². The molecule has 0 aliphatic carbocycles. The maximum Gasteiger partial charge on any atom is 0.242 e. The maximum absolute atomic E-state index is 12.4. The molecule has 1 heterocycles. The topological polar surface area (TPSA) is 73.0 Å². The Morgan fingerprint density at radius 1 is 1.07 bits per heavy atom. The lowest BCUT2D eigenvalue weighted by Crippen LogP contribution is -2.48. The van der Waals surface area contributed by atoms with Gasteiger partial charge in [0.05, 0.1) is 11.4 Å². The van der Waals surface area contributed by atoms with Gasteiger partial charge in [-0.3, -0.25) is 9.69 Å². The molecule has 1 aliphatic rings. The average Bonchev–Trinajstić information content (AvgIpc) is 2.69. The molecular formula is C20H25ClN4O3S. The number of rotatable bonds is 6. The average molecular weight is 437 g/mol. The molecule has 1 saturated heterocycles. The predicted octanol–water partition coefficient (Wildman–Crippen LogP) is 2.35. The first-order valence-corrected chi connectivity index (χ1v) is 11.1. The molecule has 0 spiro atoms. The number of halogens is 1. The maximum atomic E-state index is 12.4. The van der Waals surface area contributed by atoms with E-state index in [4.69, 9.17) is 11.6 Å². The minimum absolute atomic E-state index is 0.121. The minimum Gasteiger partial charge on any atom is -0.369 e. The van der Waals surface area contributed by atoms with Gasteiger partial charge in [-0.05, 0) is 42.5 Å². The van der Waals surface area contributed by atoms with Gasteiger partial charge in [0.15, 0.2) is 0 Å². The fourth-order valence-electron chi connectivity index (χ4n) is 3.16. The number of anilines is 2. The lowest BCUT2D eigenvalue weighted by atomic mass is 10.2. The third-order valence-electron chi connectivity index (χ3n) is 4.83. The molecule has 0 unspecified atom stereocenters. The van der Waals surface area contributed by atoms with Crippen molar-refractivity contribution in [2.45, 2.75) is 4.90 Å². The first-order chi connectivity index (χ1) is 13.8. The van der Waals surface area contributed by atoms with Crippen LogP contribution in [0.3, 0.4) is 0 Å². The molecule has 1 aliphatic heterocycles. The van der Waals surface area contributed by atoms with E-state index >= 15 is 0 Å². The van der Waals surface area contributed by atoms with Gasteiger partial charge in [0.25, 0.3) is 0 Å². The molecule has 2 aromatic rings. The Bertz CT molecular complexity index is 956. The van der Waals surface area contributed by atoms with Crippen molar-refractivity contribution in [3.63, 3.8) is 0 Å². The number of nitrogens with one attached hydrogen (secondary N) is 1. The van der Waals surface area contributed by atoms with E-state index in [0.717, 1.165) is 36.2 Å². The Kier molecular flexibility index (Phi) is 6.79. The van der Waals surface area contributed by atoms with Crippen LogP contribution in [0.25, 0.3) is 0 Å². The molecule has 0 saturated carbocycles. The number of benzene rings is 2. The molecule has 3 rings (SSSR count). The van der Waals surface area contributed by atoms with Crippen LogP contribution in [-0.2, 0) is 14.8 Å². The summed E-state index contributed by atoms with van der Waals surface area (Å²) in [5.41, 5.74) is 1.67. The number of amides is 1. The van der Waals surface area contributed by atoms with Crippen molar-refractivity contribution in [3.8, 4) is 0 Å². The molecule has 9 heteroatoms. The highest BCUT2D eigenvalue weighted by atomic mass is 35.5. The van der Waals surface area contributed by atoms with E-state index in [1.54, 1.807) is 12.1 Å². The smallest absolute Gasteiger partial charge is 0.242 e. The summed E-state index contributed by atoms with van der Waals surface area (Å²) in [7, 11) is -0.510. The van der Waals surface area contributed by atoms with Crippen LogP contribution < -0.4 is 10.2 Å². The van der Waals surface area contributed by atoms with E-state index in [0.29, 0.717) is 17.3 Å². The van der Waals surface area contributed by atoms with E-state index in [-0.39, 0.29) is 10.8 Å². The van der Waals surface area contributed by atoms with Gasteiger partial charge in [0.2, 0.25) is 15.9 Å². The molecule has 29 heavy (non-hydrogen) atoms. The molecule has 1 fully saturated rings. The minimum atomic E-state index is -3.48. The third-order valence-corrected chi connectivity index (χ3v) is 6.89. The quantitative estimate of drug-likeness (QED) is 0.752. The lowest BCUT2D eigenvalue weighted by Gasteiger charge is -2.35. The summed E-state index contributed by atoms with van der Waals surface area (Å²) >= 11 is 6.06. The van der Waals surface area contributed by atoms with Gasteiger partial charge < -0.3 is 10.2 Å². The first-order valence-electron chi connectivity index (χ1n) is 9.31. The largest absolute Gasteiger partial charge is 0.369 e. The van der Waals surface area contributed by atoms with Crippen LogP contribution in [0.4, 0.5) is 11.4 Å². The van der Waals surface area contributed by atoms with Crippen molar-refractivity contribution in [1.82, 2.24) is 9.21 Å². The van der Waals surface area contributed by atoms with E-state index in [1.807, 2.05) is 24.3 Å². The summed E-state index contributed by atoms with van der Waals surface area (Å²) in [6, 6.07) is 14.0. The van der Waals surface area contributed by atoms with Crippen molar-refractivity contribution < 1.29 is 13.2 Å². The van der Waals surface area contributed by atoms with Crippen LogP contribution >= 0.6 is 11.6 Å². The first kappa shape index (κ1) is 21.6. The molecule has 1 amide bonds. The Labute approximate surface area is 176 Å². The van der Waals surface area contributed by atoms with E-state index in [9.17, 15) is 13.2 Å². The van der Waals surface area contributed by atoms with Crippen molar-refractivity contribution in [3.05, 3.63) is 53.6 Å². The second kappa shape index (κ2) is 9.13. The van der Waals surface area contributed by atoms with E-state index in [1.165, 1.54) is 26.2 Å². The van der Waals surface area contributed by atoms with Crippen LogP contribution in [0.15, 0.2) is 53.4 Å². The fraction of sp³-hybridized carbons (Fsp3) is 0.350. The third kappa shape index (κ3) is 5.48. The monoisotopic (exact) mass is 436 g/mol. The number of hydrogen-bond acceptors (Lipinski definition) is 5. The van der Waals surface area contributed by atoms with E-state index < -0.39 is 10.0 Å². The number of carbonyl (C=O) groups is 1. The van der Waals surface area contributed by atoms with Crippen LogP contribution in [0, 0.1) is 0 Å². The summed E-state index contributed by atoms with van der Waals surface area (Å²) in [5.74, 6) is -0.121. The van der Waals surface area contributed by atoms with Gasteiger partial charge >= 0.3 is 0 Å². The van der Waals surface area contributed by atoms with Gasteiger partial charge in [0, 0.05) is 56.7 Å². The normalized spacial score (nSPS) is 15.5. The SMILES string of the molecule is CN(C)S(=O)(=O)c1ccc(NC(=O)CN2CCN(c3cccc(Cl)c3)CC2)cc1. The summed E-state index contributed by atoms with van der Waals surface area (Å²) in [5, 5.41) is 3.54. The zero-order valence-electron chi connectivity index (χ0n) is 16.5. The summed E-state index contributed by atoms with van der Waals surface area (Å²) < 4.78 is 25.3. The molecule has 156 valence electrons. The molecule has 0 radical (unpaired) electrons. The molecule has 0 bridgehead atoms. The highest BCUT2D eigenvalue weighted by Gasteiger charge is 2.20. The Morgan fingerprint density at radius 2 is 1.72 bits per heavy atom. The van der Waals surface area contributed by atoms with Crippen LogP contribution in [0.5, 0.6) is 0 Å². The zero-order chi connectivity index (χ0) is 21.0. The zero-order valence-corrected chi connectivity index (χ0v) is 18.1. The Morgan fingerprint density at radius 3 is 2.31 bits per heavy atom. The predicted molar refractivity (Wildman–Crippen MR) is 116 cm³/mol. The van der Waals surface area contributed by atoms with Crippen molar-refractivity contribution in [1.29, 1.82) is 0 Å². The van der Waals surface area contributed by atoms with Gasteiger partial charge in [0.1, 0.15) is 0 Å². The number of piperazine rings is 1. The van der Waals surface area contributed by atoms with E-state index in [2.05, 4.69) is 15.1 Å². The molecular weight excluding hydrogens is 412 g/mol. The second-order valence-corrected chi connectivity index (χ2v) is 9.69. The Balaban J connectivity index is 1.50. The fourth-order valence-corrected chi connectivity index (χ4v) is 4.25. The van der Waals surface area contributed by atoms with Gasteiger partial charge in [-0.15, -0.1) is 0 Å². The summed E-state index contributed by atoms with van der Waals surface area (Å²) in [6.45, 7) is 3.50. The molecule has 0 atom stereocenters. The van der Waals surface area contributed by atoms with Crippen LogP contribution in [0.1, 0.15) is 0 Å². The number of sulfonamides is 1. The van der Waals surface area contributed by atoms with Gasteiger partial charge in [-0.25, -0.2) is 12.7 Å². The molecule has 0 aromatic heterocycles. The number of nitrogens with zero attached hydrogens (tertiary/aromatic N) is 3. The van der Waals surface area contributed by atoms with Crippen molar-refractivity contribution in [2.24, 2.45) is 0 Å². The lowest BCUT2D eigenvalue weighted by molar-refractivity contribution is -0.117. The summed E-state index contributed by atoms with van der Waals surface area (Å²) in [6.07, 6.45) is 0. The van der Waals surface area contributed by atoms with Gasteiger partial charge in [-0.2, -0.15) is 0 Å². The Hall–Kier alpha value is -2.13. The number of hydrogen-bond donors (Lipinski definition) is 1. The standard InChI is InChI=1S/C20H25ClN4O3S/c1-23(2)29(27,28)19-8-6-17(7-9-19)22-20(26)15-24-10-12-25(13-11-24)18-5-3-4-16(21)14-18/h3-9,14H,10-13,15H2,1-2H3,(H,22,26). The second-order valence-electron chi connectivity index (χ2n) is 7.10. The highest BCUT2D eigenvalue weighted by Crippen LogP contribution is 2.21. The molecule has 2 aromatic carbocycles. The summed E-state index contributed by atoms with van der Waals surface area (Å²) in [4.78, 5) is 16.9. The number of carbonyl (C=O) groups excluding carboxylic acids is 1.